The maximum absolute atomic E-state index is 13.0. The molecule has 0 fully saturated rings. The van der Waals surface area contributed by atoms with Crippen LogP contribution in [-0.4, -0.2) is 37.8 Å². The Labute approximate surface area is 120 Å². The van der Waals surface area contributed by atoms with Crippen molar-refractivity contribution >= 4 is 27.6 Å². The Morgan fingerprint density at radius 3 is 2.62 bits per heavy atom. The molecule has 0 amide bonds. The fourth-order valence-electron chi connectivity index (χ4n) is 1.45. The predicted molar refractivity (Wildman–Crippen MR) is 72.0 cm³/mol. The van der Waals surface area contributed by atoms with Crippen molar-refractivity contribution in [2.75, 3.05) is 17.1 Å². The van der Waals surface area contributed by atoms with E-state index in [-0.39, 0.29) is 18.7 Å². The van der Waals surface area contributed by atoms with Crippen molar-refractivity contribution in [1.82, 2.24) is 0 Å². The zero-order chi connectivity index (χ0) is 16.0. The molecule has 0 aromatic heterocycles. The van der Waals surface area contributed by atoms with Gasteiger partial charge in [-0.05, 0) is 25.1 Å². The molecule has 0 aliphatic heterocycles. The number of halogens is 1. The molecule has 0 radical (unpaired) electrons. The normalized spacial score (nSPS) is 11.0. The summed E-state index contributed by atoms with van der Waals surface area (Å²) in [6, 6.07) is 2.63. The van der Waals surface area contributed by atoms with Crippen LogP contribution in [0.25, 0.3) is 0 Å². The number of benzene rings is 1. The van der Waals surface area contributed by atoms with Crippen LogP contribution in [0.3, 0.4) is 0 Å². The number of ether oxygens (including phenoxy) is 1. The maximum atomic E-state index is 13.0. The van der Waals surface area contributed by atoms with Gasteiger partial charge in [0.15, 0.2) is 0 Å². The molecule has 0 aliphatic carbocycles. The van der Waals surface area contributed by atoms with Gasteiger partial charge in [-0.25, -0.2) is 17.6 Å². The highest BCUT2D eigenvalue weighted by molar-refractivity contribution is 7.92. The standard InChI is InChI=1S/C12H14FNO6S/c1-2-20-11(15)5-6-21(18,19)14-10-4-3-8(13)7-9(10)12(16)17/h3-4,7,14H,2,5-6H2,1H3,(H,16,17). The van der Waals surface area contributed by atoms with Crippen LogP contribution in [-0.2, 0) is 19.6 Å². The lowest BCUT2D eigenvalue weighted by molar-refractivity contribution is -0.142. The zero-order valence-electron chi connectivity index (χ0n) is 11.1. The fourth-order valence-corrected chi connectivity index (χ4v) is 2.50. The van der Waals surface area contributed by atoms with E-state index in [1.807, 2.05) is 4.72 Å². The summed E-state index contributed by atoms with van der Waals surface area (Å²) >= 11 is 0. The highest BCUT2D eigenvalue weighted by Gasteiger charge is 2.18. The average Bonchev–Trinajstić information content (AvgIpc) is 2.38. The summed E-state index contributed by atoms with van der Waals surface area (Å²) in [5.74, 6) is -3.53. The third-order valence-electron chi connectivity index (χ3n) is 2.36. The molecular formula is C12H14FNO6S. The van der Waals surface area contributed by atoms with Crippen molar-refractivity contribution in [1.29, 1.82) is 0 Å². The number of carbonyl (C=O) groups is 2. The first kappa shape index (κ1) is 16.9. The zero-order valence-corrected chi connectivity index (χ0v) is 11.9. The number of carbonyl (C=O) groups excluding carboxylic acids is 1. The van der Waals surface area contributed by atoms with Crippen LogP contribution in [0.1, 0.15) is 23.7 Å². The van der Waals surface area contributed by atoms with Crippen molar-refractivity contribution in [2.24, 2.45) is 0 Å². The molecule has 9 heteroatoms. The molecule has 0 saturated heterocycles. The first-order valence-electron chi connectivity index (χ1n) is 5.94. The third kappa shape index (κ3) is 5.38. The second-order valence-corrected chi connectivity index (χ2v) is 5.81. The van der Waals surface area contributed by atoms with Crippen LogP contribution >= 0.6 is 0 Å². The molecule has 0 atom stereocenters. The lowest BCUT2D eigenvalue weighted by atomic mass is 10.2. The first-order chi connectivity index (χ1) is 9.75. The SMILES string of the molecule is CCOC(=O)CCS(=O)(=O)Nc1ccc(F)cc1C(=O)O. The van der Waals surface area contributed by atoms with Crippen molar-refractivity contribution in [3.05, 3.63) is 29.6 Å². The Hall–Kier alpha value is -2.16. The van der Waals surface area contributed by atoms with Gasteiger partial charge in [0.05, 0.1) is 30.0 Å². The number of hydrogen-bond acceptors (Lipinski definition) is 5. The molecular weight excluding hydrogens is 305 g/mol. The predicted octanol–water partition coefficient (Wildman–Crippen LogP) is 1.22. The van der Waals surface area contributed by atoms with Crippen molar-refractivity contribution in [3.8, 4) is 0 Å². The number of carboxylic acid groups (broad SMARTS) is 1. The van der Waals surface area contributed by atoms with E-state index < -0.39 is 39.1 Å². The van der Waals surface area contributed by atoms with Crippen LogP contribution < -0.4 is 4.72 Å². The molecule has 1 aromatic carbocycles. The summed E-state index contributed by atoms with van der Waals surface area (Å²) in [5.41, 5.74) is -0.789. The maximum Gasteiger partial charge on any atom is 0.337 e. The Morgan fingerprint density at radius 1 is 1.38 bits per heavy atom. The Bertz CT molecular complexity index is 643. The first-order valence-corrected chi connectivity index (χ1v) is 7.59. The molecule has 0 saturated carbocycles. The van der Waals surface area contributed by atoms with Gasteiger partial charge >= 0.3 is 11.9 Å². The van der Waals surface area contributed by atoms with Crippen LogP contribution in [0, 0.1) is 5.82 Å². The summed E-state index contributed by atoms with van der Waals surface area (Å²) < 4.78 is 43.1. The van der Waals surface area contributed by atoms with Crippen LogP contribution in [0.15, 0.2) is 18.2 Å². The van der Waals surface area contributed by atoms with Gasteiger partial charge in [-0.3, -0.25) is 9.52 Å². The van der Waals surface area contributed by atoms with E-state index in [9.17, 15) is 22.4 Å². The van der Waals surface area contributed by atoms with Gasteiger partial charge in [-0.2, -0.15) is 0 Å². The number of rotatable bonds is 7. The molecule has 116 valence electrons. The molecule has 0 bridgehead atoms. The molecule has 1 rings (SSSR count). The molecule has 0 unspecified atom stereocenters. The number of hydrogen-bond donors (Lipinski definition) is 2. The van der Waals surface area contributed by atoms with Gasteiger partial charge < -0.3 is 9.84 Å². The molecule has 21 heavy (non-hydrogen) atoms. The molecule has 1 aromatic rings. The summed E-state index contributed by atoms with van der Waals surface area (Å²) in [6.07, 6.45) is -0.368. The van der Waals surface area contributed by atoms with Gasteiger partial charge in [0.1, 0.15) is 5.82 Å². The van der Waals surface area contributed by atoms with E-state index in [1.54, 1.807) is 6.92 Å². The largest absolute Gasteiger partial charge is 0.478 e. The second kappa shape index (κ2) is 7.02. The Morgan fingerprint density at radius 2 is 2.05 bits per heavy atom. The third-order valence-corrected chi connectivity index (χ3v) is 3.63. The van der Waals surface area contributed by atoms with Crippen LogP contribution in [0.4, 0.5) is 10.1 Å². The lowest BCUT2D eigenvalue weighted by Gasteiger charge is -2.10. The van der Waals surface area contributed by atoms with Crippen LogP contribution in [0.2, 0.25) is 0 Å². The molecule has 0 spiro atoms. The number of sulfonamides is 1. The van der Waals surface area contributed by atoms with Crippen molar-refractivity contribution in [2.45, 2.75) is 13.3 Å². The van der Waals surface area contributed by atoms with E-state index >= 15 is 0 Å². The highest BCUT2D eigenvalue weighted by Crippen LogP contribution is 2.18. The van der Waals surface area contributed by atoms with E-state index in [0.29, 0.717) is 6.07 Å². The second-order valence-electron chi connectivity index (χ2n) is 3.97. The average molecular weight is 319 g/mol. The lowest BCUT2D eigenvalue weighted by Crippen LogP contribution is -2.21. The number of nitrogens with one attached hydrogen (secondary N) is 1. The number of aromatic carboxylic acids is 1. The summed E-state index contributed by atoms with van der Waals surface area (Å²) in [4.78, 5) is 22.0. The molecule has 2 N–H and O–H groups in total. The Balaban J connectivity index is 2.85. The topological polar surface area (TPSA) is 110 Å². The molecule has 0 aliphatic rings. The van der Waals surface area contributed by atoms with E-state index in [4.69, 9.17) is 5.11 Å². The van der Waals surface area contributed by atoms with Gasteiger partial charge in [0.25, 0.3) is 0 Å². The smallest absolute Gasteiger partial charge is 0.337 e. The quantitative estimate of drug-likeness (QED) is 0.731. The van der Waals surface area contributed by atoms with Gasteiger partial charge in [0.2, 0.25) is 10.0 Å². The highest BCUT2D eigenvalue weighted by atomic mass is 32.2. The minimum Gasteiger partial charge on any atom is -0.478 e. The number of anilines is 1. The summed E-state index contributed by atoms with van der Waals surface area (Å²) in [6.45, 7) is 1.72. The minimum absolute atomic E-state index is 0.132. The number of esters is 1. The number of carboxylic acids is 1. The summed E-state index contributed by atoms with van der Waals surface area (Å²) in [7, 11) is -3.95. The Kier molecular flexibility index (Phi) is 5.65. The molecule has 0 heterocycles. The van der Waals surface area contributed by atoms with Crippen molar-refractivity contribution < 1.29 is 32.2 Å². The van der Waals surface area contributed by atoms with E-state index in [1.165, 1.54) is 0 Å². The fraction of sp³-hybridized carbons (Fsp3) is 0.333. The van der Waals surface area contributed by atoms with Crippen LogP contribution in [0.5, 0.6) is 0 Å². The molecule has 7 nitrogen and oxygen atoms in total. The van der Waals surface area contributed by atoms with Gasteiger partial charge in [0, 0.05) is 0 Å². The summed E-state index contributed by atoms with van der Waals surface area (Å²) in [5, 5.41) is 8.90. The van der Waals surface area contributed by atoms with E-state index in [0.717, 1.165) is 12.1 Å². The van der Waals surface area contributed by atoms with Gasteiger partial charge in [-0.1, -0.05) is 0 Å². The van der Waals surface area contributed by atoms with Gasteiger partial charge in [-0.15, -0.1) is 0 Å². The van der Waals surface area contributed by atoms with Crippen molar-refractivity contribution in [3.63, 3.8) is 0 Å². The minimum atomic E-state index is -3.95. The monoisotopic (exact) mass is 319 g/mol. The van der Waals surface area contributed by atoms with E-state index in [2.05, 4.69) is 4.74 Å².